The van der Waals surface area contributed by atoms with Crippen molar-refractivity contribution in [1.29, 1.82) is 0 Å². The van der Waals surface area contributed by atoms with Crippen LogP contribution >= 0.6 is 23.2 Å². The molecule has 0 saturated carbocycles. The maximum absolute atomic E-state index is 14.4. The molecule has 1 saturated heterocycles. The highest BCUT2D eigenvalue weighted by Gasteiger charge is 2.44. The smallest absolute Gasteiger partial charge is 0.326 e. The minimum Gasteiger partial charge on any atom is -0.494 e. The van der Waals surface area contributed by atoms with Crippen LogP contribution in [-0.4, -0.2) is 60.6 Å². The number of carbonyl (C=O) groups is 1. The molecule has 2 aliphatic rings. The molecule has 40 heavy (non-hydrogen) atoms. The van der Waals surface area contributed by atoms with Crippen LogP contribution in [0.4, 0.5) is 4.79 Å². The molecular formula is C31H34Cl2N4O3. The number of halogens is 2. The van der Waals surface area contributed by atoms with E-state index in [1.807, 2.05) is 97.3 Å². The summed E-state index contributed by atoms with van der Waals surface area (Å²) < 4.78 is 12.1. The van der Waals surface area contributed by atoms with Crippen LogP contribution in [0.2, 0.25) is 10.0 Å². The number of benzene rings is 3. The summed E-state index contributed by atoms with van der Waals surface area (Å²) in [5.41, 5.74) is 2.62. The summed E-state index contributed by atoms with van der Waals surface area (Å²) in [5.74, 6) is 1.87. The van der Waals surface area contributed by atoms with Gasteiger partial charge in [0.1, 0.15) is 23.4 Å². The average Bonchev–Trinajstić information content (AvgIpc) is 3.34. The van der Waals surface area contributed by atoms with Gasteiger partial charge in [0.05, 0.1) is 24.3 Å². The topological polar surface area (TPSA) is 66.4 Å². The van der Waals surface area contributed by atoms with Crippen LogP contribution in [0.3, 0.4) is 0 Å². The van der Waals surface area contributed by atoms with Gasteiger partial charge >= 0.3 is 6.03 Å². The molecule has 210 valence electrons. The Kier molecular flexibility index (Phi) is 8.84. The van der Waals surface area contributed by atoms with Crippen molar-refractivity contribution >= 4 is 35.1 Å². The van der Waals surface area contributed by atoms with Gasteiger partial charge in [-0.3, -0.25) is 9.89 Å². The fraction of sp³-hybridized carbons (Fsp3) is 0.355. The zero-order valence-corrected chi connectivity index (χ0v) is 24.5. The second kappa shape index (κ2) is 12.5. The van der Waals surface area contributed by atoms with E-state index in [2.05, 4.69) is 5.32 Å². The minimum atomic E-state index is -0.408. The van der Waals surface area contributed by atoms with E-state index >= 15 is 0 Å². The van der Waals surface area contributed by atoms with Gasteiger partial charge in [-0.05, 0) is 68.3 Å². The van der Waals surface area contributed by atoms with Crippen LogP contribution in [0.15, 0.2) is 71.7 Å². The van der Waals surface area contributed by atoms with Crippen molar-refractivity contribution in [2.24, 2.45) is 4.99 Å². The van der Waals surface area contributed by atoms with E-state index in [0.717, 1.165) is 29.8 Å². The van der Waals surface area contributed by atoms with E-state index in [1.165, 1.54) is 0 Å². The fourth-order valence-electron chi connectivity index (χ4n) is 5.16. The van der Waals surface area contributed by atoms with Crippen LogP contribution in [0, 0.1) is 0 Å². The van der Waals surface area contributed by atoms with Gasteiger partial charge in [0, 0.05) is 42.3 Å². The third-order valence-corrected chi connectivity index (χ3v) is 7.46. The van der Waals surface area contributed by atoms with Crippen molar-refractivity contribution in [2.75, 3.05) is 32.8 Å². The van der Waals surface area contributed by atoms with Crippen LogP contribution in [0.1, 0.15) is 49.5 Å². The van der Waals surface area contributed by atoms with Crippen molar-refractivity contribution in [1.82, 2.24) is 15.1 Å². The number of nitrogens with one attached hydrogen (secondary N) is 1. The largest absolute Gasteiger partial charge is 0.494 e. The van der Waals surface area contributed by atoms with Gasteiger partial charge in [0.2, 0.25) is 0 Å². The molecule has 2 atom stereocenters. The van der Waals surface area contributed by atoms with E-state index in [1.54, 1.807) is 0 Å². The Morgan fingerprint density at radius 1 is 0.975 bits per heavy atom. The summed E-state index contributed by atoms with van der Waals surface area (Å²) in [6, 6.07) is 20.1. The number of rotatable bonds is 7. The highest BCUT2D eigenvalue weighted by Crippen LogP contribution is 2.45. The number of hydrogen-bond acceptors (Lipinski definition) is 5. The number of nitrogens with zero attached hydrogens (tertiary/aromatic N) is 3. The molecule has 0 bridgehead atoms. The van der Waals surface area contributed by atoms with Crippen molar-refractivity contribution in [3.8, 4) is 11.5 Å². The molecule has 3 aromatic carbocycles. The third kappa shape index (κ3) is 6.07. The zero-order chi connectivity index (χ0) is 28.2. The van der Waals surface area contributed by atoms with E-state index in [0.29, 0.717) is 47.1 Å². The quantitative estimate of drug-likeness (QED) is 0.335. The Hall–Kier alpha value is -3.26. The maximum Gasteiger partial charge on any atom is 0.326 e. The summed E-state index contributed by atoms with van der Waals surface area (Å²) in [4.78, 5) is 23.4. The minimum absolute atomic E-state index is 0.0888. The summed E-state index contributed by atoms with van der Waals surface area (Å²) in [7, 11) is 0. The first-order valence-electron chi connectivity index (χ1n) is 13.7. The zero-order valence-electron chi connectivity index (χ0n) is 22.9. The Balaban J connectivity index is 1.69. The van der Waals surface area contributed by atoms with Crippen LogP contribution < -0.4 is 14.8 Å². The summed E-state index contributed by atoms with van der Waals surface area (Å²) in [6.07, 6.45) is -0.0888. The first-order valence-corrected chi connectivity index (χ1v) is 14.4. The number of piperazine rings is 1. The van der Waals surface area contributed by atoms with Gasteiger partial charge in [-0.15, -0.1) is 0 Å². The van der Waals surface area contributed by atoms with Crippen LogP contribution in [0.25, 0.3) is 0 Å². The van der Waals surface area contributed by atoms with Gasteiger partial charge in [-0.25, -0.2) is 4.79 Å². The molecule has 3 aromatic rings. The Morgan fingerprint density at radius 2 is 1.60 bits per heavy atom. The standard InChI is InChI=1S/C31H34Cl2N4O3/c1-4-39-25-13-14-26(27(19-25)40-20(2)3)30-35-28(21-5-9-23(32)10-6-21)29(22-7-11-24(33)12-8-22)37(30)31(38)36-17-15-34-16-18-36/h5-14,19-20,28-29,34H,4,15-18H2,1-3H3. The van der Waals surface area contributed by atoms with E-state index in [-0.39, 0.29) is 18.2 Å². The molecule has 2 aliphatic heterocycles. The number of carbonyl (C=O) groups excluding carboxylic acids is 1. The molecule has 2 unspecified atom stereocenters. The first kappa shape index (κ1) is 28.3. The van der Waals surface area contributed by atoms with Crippen molar-refractivity contribution in [2.45, 2.75) is 39.0 Å². The van der Waals surface area contributed by atoms with Crippen LogP contribution in [0.5, 0.6) is 11.5 Å². The van der Waals surface area contributed by atoms with Crippen molar-refractivity contribution in [3.05, 3.63) is 93.5 Å². The van der Waals surface area contributed by atoms with E-state index in [9.17, 15) is 4.79 Å². The number of aliphatic imine (C=N–C) groups is 1. The molecule has 0 spiro atoms. The second-order valence-corrected chi connectivity index (χ2v) is 11.0. The van der Waals surface area contributed by atoms with Crippen LogP contribution in [-0.2, 0) is 0 Å². The van der Waals surface area contributed by atoms with E-state index in [4.69, 9.17) is 37.7 Å². The number of ether oxygens (including phenoxy) is 2. The maximum atomic E-state index is 14.4. The number of amides is 2. The molecule has 0 aliphatic carbocycles. The monoisotopic (exact) mass is 580 g/mol. The molecule has 2 amide bonds. The van der Waals surface area contributed by atoms with Gasteiger partial charge in [-0.2, -0.15) is 0 Å². The molecule has 5 rings (SSSR count). The molecule has 1 N–H and O–H groups in total. The third-order valence-electron chi connectivity index (χ3n) is 6.95. The summed E-state index contributed by atoms with van der Waals surface area (Å²) in [5, 5.41) is 4.61. The lowest BCUT2D eigenvalue weighted by atomic mass is 9.93. The van der Waals surface area contributed by atoms with Crippen molar-refractivity contribution in [3.63, 3.8) is 0 Å². The predicted octanol–water partition coefficient (Wildman–Crippen LogP) is 6.75. The molecule has 0 radical (unpaired) electrons. The Labute approximate surface area is 245 Å². The summed E-state index contributed by atoms with van der Waals surface area (Å²) >= 11 is 12.5. The van der Waals surface area contributed by atoms with Gasteiger partial charge in [0.15, 0.2) is 0 Å². The lowest BCUT2D eigenvalue weighted by Crippen LogP contribution is -2.53. The van der Waals surface area contributed by atoms with Gasteiger partial charge in [-0.1, -0.05) is 47.5 Å². The Morgan fingerprint density at radius 3 is 2.20 bits per heavy atom. The first-order chi connectivity index (χ1) is 19.4. The molecule has 9 heteroatoms. The molecule has 0 aromatic heterocycles. The number of amidine groups is 1. The Bertz CT molecular complexity index is 1360. The molecule has 7 nitrogen and oxygen atoms in total. The molecule has 1 fully saturated rings. The van der Waals surface area contributed by atoms with Gasteiger partial charge in [0.25, 0.3) is 0 Å². The van der Waals surface area contributed by atoms with Gasteiger partial charge < -0.3 is 19.7 Å². The normalized spacial score (nSPS) is 19.1. The van der Waals surface area contributed by atoms with Crippen molar-refractivity contribution < 1.29 is 14.3 Å². The highest BCUT2D eigenvalue weighted by atomic mass is 35.5. The molecular weight excluding hydrogens is 547 g/mol. The fourth-order valence-corrected chi connectivity index (χ4v) is 5.41. The number of urea groups is 1. The lowest BCUT2D eigenvalue weighted by molar-refractivity contribution is 0.157. The SMILES string of the molecule is CCOc1ccc(C2=NC(c3ccc(Cl)cc3)C(c3ccc(Cl)cc3)N2C(=O)N2CCNCC2)c(OC(C)C)c1. The average molecular weight is 582 g/mol. The highest BCUT2D eigenvalue weighted by molar-refractivity contribution is 6.30. The summed E-state index contributed by atoms with van der Waals surface area (Å²) in [6.45, 7) is 9.13. The number of hydrogen-bond donors (Lipinski definition) is 1. The molecule has 2 heterocycles. The van der Waals surface area contributed by atoms with E-state index < -0.39 is 6.04 Å². The lowest BCUT2D eigenvalue weighted by Gasteiger charge is -2.36. The second-order valence-electron chi connectivity index (χ2n) is 10.1. The predicted molar refractivity (Wildman–Crippen MR) is 160 cm³/mol.